The van der Waals surface area contributed by atoms with Gasteiger partial charge in [-0.3, -0.25) is 0 Å². The molecule has 0 aromatic rings. The number of ether oxygens (including phenoxy) is 1. The molecule has 1 aliphatic rings. The van der Waals surface area contributed by atoms with Crippen LogP contribution in [0.4, 0.5) is 0 Å². The van der Waals surface area contributed by atoms with Crippen LogP contribution in [0.25, 0.3) is 0 Å². The van der Waals surface area contributed by atoms with E-state index in [1.807, 2.05) is 13.8 Å². The van der Waals surface area contributed by atoms with Gasteiger partial charge in [0.15, 0.2) is 0 Å². The number of nitrogens with two attached hydrogens (primary N) is 1. The minimum Gasteiger partial charge on any atom is -0.389 e. The highest BCUT2D eigenvalue weighted by Crippen LogP contribution is 2.20. The molecule has 0 amide bonds. The van der Waals surface area contributed by atoms with Crippen LogP contribution in [0.5, 0.6) is 0 Å². The molecular formula is C7H15NO2. The molecular weight excluding hydrogens is 130 g/mol. The van der Waals surface area contributed by atoms with Gasteiger partial charge in [0.1, 0.15) is 0 Å². The van der Waals surface area contributed by atoms with Crippen LogP contribution >= 0.6 is 0 Å². The molecule has 1 saturated heterocycles. The highest BCUT2D eigenvalue weighted by molar-refractivity contribution is 4.90. The van der Waals surface area contributed by atoms with Crippen LogP contribution in [0, 0.1) is 0 Å². The molecule has 0 radical (unpaired) electrons. The lowest BCUT2D eigenvalue weighted by Gasteiger charge is -2.11. The Labute approximate surface area is 61.2 Å². The van der Waals surface area contributed by atoms with Crippen molar-refractivity contribution in [2.45, 2.75) is 44.6 Å². The molecule has 1 fully saturated rings. The van der Waals surface area contributed by atoms with Gasteiger partial charge in [-0.15, -0.1) is 0 Å². The van der Waals surface area contributed by atoms with Crippen molar-refractivity contribution >= 4 is 0 Å². The summed E-state index contributed by atoms with van der Waals surface area (Å²) in [6, 6.07) is -0.204. The van der Waals surface area contributed by atoms with Gasteiger partial charge < -0.3 is 15.6 Å². The van der Waals surface area contributed by atoms with Crippen molar-refractivity contribution in [3.05, 3.63) is 0 Å². The van der Waals surface area contributed by atoms with Gasteiger partial charge in [0.05, 0.1) is 24.4 Å². The van der Waals surface area contributed by atoms with E-state index in [0.717, 1.165) is 6.42 Å². The van der Waals surface area contributed by atoms with E-state index in [0.29, 0.717) is 0 Å². The molecule has 0 aromatic heterocycles. The first-order valence-electron chi connectivity index (χ1n) is 3.76. The predicted molar refractivity (Wildman–Crippen MR) is 38.6 cm³/mol. The fourth-order valence-electron chi connectivity index (χ4n) is 1.31. The molecule has 1 heterocycles. The maximum atomic E-state index is 9.38. The molecule has 4 atom stereocenters. The second kappa shape index (κ2) is 2.86. The van der Waals surface area contributed by atoms with E-state index in [9.17, 15) is 5.11 Å². The van der Waals surface area contributed by atoms with Gasteiger partial charge in [-0.2, -0.15) is 0 Å². The first-order valence-corrected chi connectivity index (χ1v) is 3.76. The number of hydrogen-bond acceptors (Lipinski definition) is 3. The third-order valence-corrected chi connectivity index (χ3v) is 2.11. The molecule has 3 N–H and O–H groups in total. The van der Waals surface area contributed by atoms with Gasteiger partial charge in [-0.05, 0) is 13.3 Å². The zero-order chi connectivity index (χ0) is 7.72. The second-order valence-electron chi connectivity index (χ2n) is 2.86. The molecule has 1 rings (SSSR count). The van der Waals surface area contributed by atoms with Gasteiger partial charge >= 0.3 is 0 Å². The van der Waals surface area contributed by atoms with Crippen LogP contribution in [0.15, 0.2) is 0 Å². The lowest BCUT2D eigenvalue weighted by Crippen LogP contribution is -2.39. The van der Waals surface area contributed by atoms with Crippen LogP contribution in [0.1, 0.15) is 20.3 Å². The predicted octanol–water partition coefficient (Wildman–Crippen LogP) is -0.128. The van der Waals surface area contributed by atoms with Crippen LogP contribution in [-0.4, -0.2) is 29.5 Å². The van der Waals surface area contributed by atoms with Crippen molar-refractivity contribution in [2.24, 2.45) is 5.73 Å². The fourth-order valence-corrected chi connectivity index (χ4v) is 1.31. The lowest BCUT2D eigenvalue weighted by molar-refractivity contribution is 0.0144. The Morgan fingerprint density at radius 3 is 2.40 bits per heavy atom. The van der Waals surface area contributed by atoms with Crippen molar-refractivity contribution in [3.63, 3.8) is 0 Å². The molecule has 3 nitrogen and oxygen atoms in total. The van der Waals surface area contributed by atoms with Crippen LogP contribution in [0.2, 0.25) is 0 Å². The minimum atomic E-state index is -0.472. The maximum Gasteiger partial charge on any atom is 0.0977 e. The van der Waals surface area contributed by atoms with Crippen molar-refractivity contribution in [1.29, 1.82) is 0 Å². The maximum absolute atomic E-state index is 9.38. The Balaban J connectivity index is 2.53. The van der Waals surface area contributed by atoms with Gasteiger partial charge in [0.25, 0.3) is 0 Å². The highest BCUT2D eigenvalue weighted by atomic mass is 16.5. The minimum absolute atomic E-state index is 0.0000463. The first kappa shape index (κ1) is 7.98. The van der Waals surface area contributed by atoms with E-state index in [-0.39, 0.29) is 18.2 Å². The Kier molecular flexibility index (Phi) is 2.28. The van der Waals surface area contributed by atoms with E-state index in [2.05, 4.69) is 0 Å². The van der Waals surface area contributed by atoms with Gasteiger partial charge in [-0.25, -0.2) is 0 Å². The number of aliphatic hydroxyl groups is 1. The van der Waals surface area contributed by atoms with Gasteiger partial charge in [0.2, 0.25) is 0 Å². The summed E-state index contributed by atoms with van der Waals surface area (Å²) in [5, 5.41) is 9.38. The Hall–Kier alpha value is -0.120. The van der Waals surface area contributed by atoms with E-state index in [4.69, 9.17) is 10.5 Å². The van der Waals surface area contributed by atoms with Crippen molar-refractivity contribution in [1.82, 2.24) is 0 Å². The summed E-state index contributed by atoms with van der Waals surface area (Å²) in [6.07, 6.45) is 0.309. The van der Waals surface area contributed by atoms with E-state index in [1.165, 1.54) is 0 Å². The average molecular weight is 145 g/mol. The summed E-state index contributed by atoms with van der Waals surface area (Å²) >= 11 is 0. The Morgan fingerprint density at radius 2 is 2.20 bits per heavy atom. The average Bonchev–Trinajstić information content (AvgIpc) is 2.17. The Morgan fingerprint density at radius 1 is 1.60 bits per heavy atom. The Bertz CT molecular complexity index is 118. The number of rotatable bonds is 1. The van der Waals surface area contributed by atoms with Crippen molar-refractivity contribution in [3.8, 4) is 0 Å². The molecule has 10 heavy (non-hydrogen) atoms. The second-order valence-corrected chi connectivity index (χ2v) is 2.86. The SMILES string of the molecule is CC[C@H]1O[C@@H](C)[C@@H](N)C1O. The summed E-state index contributed by atoms with van der Waals surface area (Å²) in [5.41, 5.74) is 5.61. The van der Waals surface area contributed by atoms with Gasteiger partial charge in [0, 0.05) is 0 Å². The summed E-state index contributed by atoms with van der Waals surface area (Å²) in [5.74, 6) is 0. The molecule has 1 aliphatic heterocycles. The molecule has 0 aliphatic carbocycles. The summed E-state index contributed by atoms with van der Waals surface area (Å²) in [7, 11) is 0. The highest BCUT2D eigenvalue weighted by Gasteiger charge is 2.37. The van der Waals surface area contributed by atoms with E-state index >= 15 is 0 Å². The monoisotopic (exact) mass is 145 g/mol. The summed E-state index contributed by atoms with van der Waals surface area (Å²) in [4.78, 5) is 0. The molecule has 60 valence electrons. The fraction of sp³-hybridized carbons (Fsp3) is 1.00. The van der Waals surface area contributed by atoms with E-state index < -0.39 is 6.10 Å². The van der Waals surface area contributed by atoms with Crippen molar-refractivity contribution < 1.29 is 9.84 Å². The number of hydrogen-bond donors (Lipinski definition) is 2. The molecule has 0 aromatic carbocycles. The normalized spacial score (nSPS) is 48.0. The number of aliphatic hydroxyl groups excluding tert-OH is 1. The smallest absolute Gasteiger partial charge is 0.0977 e. The summed E-state index contributed by atoms with van der Waals surface area (Å²) in [6.45, 7) is 3.88. The largest absolute Gasteiger partial charge is 0.389 e. The molecule has 3 heteroatoms. The van der Waals surface area contributed by atoms with E-state index in [1.54, 1.807) is 0 Å². The third-order valence-electron chi connectivity index (χ3n) is 2.11. The molecule has 0 bridgehead atoms. The quantitative estimate of drug-likeness (QED) is 0.540. The summed E-state index contributed by atoms with van der Waals surface area (Å²) < 4.78 is 5.36. The van der Waals surface area contributed by atoms with Gasteiger partial charge in [-0.1, -0.05) is 6.92 Å². The first-order chi connectivity index (χ1) is 4.66. The zero-order valence-corrected chi connectivity index (χ0v) is 6.45. The molecule has 1 unspecified atom stereocenters. The molecule has 0 spiro atoms. The van der Waals surface area contributed by atoms with Crippen LogP contribution < -0.4 is 5.73 Å². The standard InChI is InChI=1S/C7H15NO2/c1-3-5-7(9)6(8)4(2)10-5/h4-7,9H,3,8H2,1-2H3/t4-,5+,6+,7?/m0/s1. The topological polar surface area (TPSA) is 55.5 Å². The van der Waals surface area contributed by atoms with Crippen LogP contribution in [-0.2, 0) is 4.74 Å². The third kappa shape index (κ3) is 1.17. The van der Waals surface area contributed by atoms with Crippen LogP contribution in [0.3, 0.4) is 0 Å². The lowest BCUT2D eigenvalue weighted by atomic mass is 10.1. The van der Waals surface area contributed by atoms with Crippen molar-refractivity contribution in [2.75, 3.05) is 0 Å². The zero-order valence-electron chi connectivity index (χ0n) is 6.45. The molecule has 0 saturated carbocycles.